The number of benzene rings is 1. The lowest BCUT2D eigenvalue weighted by atomic mass is 9.98. The van der Waals surface area contributed by atoms with Crippen LogP contribution in [0.1, 0.15) is 30.1 Å². The predicted molar refractivity (Wildman–Crippen MR) is 84.5 cm³/mol. The van der Waals surface area contributed by atoms with Crippen LogP contribution in [0.5, 0.6) is 0 Å². The molecule has 0 spiro atoms. The standard InChI is InChI=1S/C17H23FN2O3/c1-2-23-17(22)14-4-3-10-20(12-14)11-9-19-16(21)13-5-7-15(18)8-6-13/h5-8,14H,2-4,9-12H2,1H3,(H,19,21)/t14-/m1/s1. The second kappa shape index (κ2) is 8.62. The molecule has 0 aliphatic carbocycles. The van der Waals surface area contributed by atoms with Crippen molar-refractivity contribution in [2.75, 3.05) is 32.8 Å². The van der Waals surface area contributed by atoms with E-state index in [2.05, 4.69) is 10.2 Å². The smallest absolute Gasteiger partial charge is 0.310 e. The van der Waals surface area contributed by atoms with E-state index in [1.165, 1.54) is 24.3 Å². The molecule has 126 valence electrons. The molecule has 1 saturated heterocycles. The van der Waals surface area contributed by atoms with Crippen LogP contribution in [0.3, 0.4) is 0 Å². The van der Waals surface area contributed by atoms with Crippen molar-refractivity contribution in [1.82, 2.24) is 10.2 Å². The van der Waals surface area contributed by atoms with Gasteiger partial charge in [0, 0.05) is 25.2 Å². The van der Waals surface area contributed by atoms with E-state index < -0.39 is 0 Å². The van der Waals surface area contributed by atoms with Gasteiger partial charge in [0.15, 0.2) is 0 Å². The van der Waals surface area contributed by atoms with E-state index in [0.29, 0.717) is 31.8 Å². The van der Waals surface area contributed by atoms with E-state index >= 15 is 0 Å². The van der Waals surface area contributed by atoms with Gasteiger partial charge >= 0.3 is 5.97 Å². The first-order chi connectivity index (χ1) is 11.1. The zero-order valence-electron chi connectivity index (χ0n) is 13.4. The first-order valence-electron chi connectivity index (χ1n) is 8.03. The summed E-state index contributed by atoms with van der Waals surface area (Å²) in [5.74, 6) is -0.784. The van der Waals surface area contributed by atoms with Crippen LogP contribution in [0.2, 0.25) is 0 Å². The third-order valence-electron chi connectivity index (χ3n) is 3.95. The third-order valence-corrected chi connectivity index (χ3v) is 3.95. The molecular formula is C17H23FN2O3. The van der Waals surface area contributed by atoms with Crippen molar-refractivity contribution in [1.29, 1.82) is 0 Å². The molecule has 0 saturated carbocycles. The lowest BCUT2D eigenvalue weighted by molar-refractivity contribution is -0.149. The van der Waals surface area contributed by atoms with Crippen LogP contribution in [0.15, 0.2) is 24.3 Å². The normalized spacial score (nSPS) is 18.4. The number of nitrogens with zero attached hydrogens (tertiary/aromatic N) is 1. The number of hydrogen-bond donors (Lipinski definition) is 1. The maximum atomic E-state index is 12.8. The fraction of sp³-hybridized carbons (Fsp3) is 0.529. The monoisotopic (exact) mass is 322 g/mol. The number of carbonyl (C=O) groups excluding carboxylic acids is 2. The van der Waals surface area contributed by atoms with Crippen molar-refractivity contribution in [2.45, 2.75) is 19.8 Å². The lowest BCUT2D eigenvalue weighted by Gasteiger charge is -2.31. The van der Waals surface area contributed by atoms with E-state index in [4.69, 9.17) is 4.74 Å². The Bertz CT molecular complexity index is 533. The van der Waals surface area contributed by atoms with E-state index in [1.54, 1.807) is 0 Å². The highest BCUT2D eigenvalue weighted by Crippen LogP contribution is 2.17. The molecule has 1 heterocycles. The van der Waals surface area contributed by atoms with E-state index in [-0.39, 0.29) is 23.6 Å². The summed E-state index contributed by atoms with van der Waals surface area (Å²) in [7, 11) is 0. The number of nitrogens with one attached hydrogen (secondary N) is 1. The van der Waals surface area contributed by atoms with E-state index in [1.807, 2.05) is 6.92 Å². The molecule has 5 nitrogen and oxygen atoms in total. The Morgan fingerprint density at radius 2 is 2.09 bits per heavy atom. The minimum Gasteiger partial charge on any atom is -0.466 e. The third kappa shape index (κ3) is 5.32. The summed E-state index contributed by atoms with van der Waals surface area (Å²) in [5, 5.41) is 2.82. The van der Waals surface area contributed by atoms with Gasteiger partial charge in [-0.2, -0.15) is 0 Å². The minimum absolute atomic E-state index is 0.0727. The first-order valence-corrected chi connectivity index (χ1v) is 8.03. The lowest BCUT2D eigenvalue weighted by Crippen LogP contribution is -2.43. The molecule has 0 unspecified atom stereocenters. The number of piperidine rings is 1. The summed E-state index contributed by atoms with van der Waals surface area (Å²) in [6.45, 7) is 4.98. The Balaban J connectivity index is 1.74. The number of amides is 1. The maximum Gasteiger partial charge on any atom is 0.310 e. The molecule has 23 heavy (non-hydrogen) atoms. The van der Waals surface area contributed by atoms with Gasteiger partial charge in [0.1, 0.15) is 5.82 Å². The van der Waals surface area contributed by atoms with Crippen molar-refractivity contribution in [3.05, 3.63) is 35.6 Å². The summed E-state index contributed by atoms with van der Waals surface area (Å²) >= 11 is 0. The van der Waals surface area contributed by atoms with Crippen molar-refractivity contribution >= 4 is 11.9 Å². The van der Waals surface area contributed by atoms with Crippen LogP contribution in [-0.2, 0) is 9.53 Å². The predicted octanol–water partition coefficient (Wildman–Crippen LogP) is 1.83. The zero-order chi connectivity index (χ0) is 16.7. The first kappa shape index (κ1) is 17.4. The number of hydrogen-bond acceptors (Lipinski definition) is 4. The van der Waals surface area contributed by atoms with E-state index in [9.17, 15) is 14.0 Å². The molecule has 6 heteroatoms. The molecular weight excluding hydrogens is 299 g/mol. The van der Waals surface area contributed by atoms with Gasteiger partial charge in [0.25, 0.3) is 5.91 Å². The summed E-state index contributed by atoms with van der Waals surface area (Å²) in [6, 6.07) is 5.46. The average molecular weight is 322 g/mol. The van der Waals surface area contributed by atoms with Crippen molar-refractivity contribution in [3.8, 4) is 0 Å². The Hall–Kier alpha value is -1.95. The minimum atomic E-state index is -0.361. The number of ether oxygens (including phenoxy) is 1. The van der Waals surface area contributed by atoms with Gasteiger partial charge in [0.05, 0.1) is 12.5 Å². The molecule has 1 N–H and O–H groups in total. The van der Waals surface area contributed by atoms with Crippen LogP contribution in [-0.4, -0.2) is 49.6 Å². The molecule has 1 aromatic carbocycles. The molecule has 1 amide bonds. The molecule has 1 atom stereocenters. The van der Waals surface area contributed by atoms with Gasteiger partial charge in [0.2, 0.25) is 0 Å². The molecule has 1 fully saturated rings. The van der Waals surface area contributed by atoms with Crippen LogP contribution in [0.4, 0.5) is 4.39 Å². The average Bonchev–Trinajstić information content (AvgIpc) is 2.56. The van der Waals surface area contributed by atoms with Gasteiger partial charge < -0.3 is 15.0 Å². The number of halogens is 1. The fourth-order valence-corrected chi connectivity index (χ4v) is 2.74. The molecule has 1 aliphatic heterocycles. The van der Waals surface area contributed by atoms with Gasteiger partial charge in [-0.05, 0) is 50.6 Å². The maximum absolute atomic E-state index is 12.8. The Morgan fingerprint density at radius 3 is 2.78 bits per heavy atom. The fourth-order valence-electron chi connectivity index (χ4n) is 2.74. The zero-order valence-corrected chi connectivity index (χ0v) is 13.4. The highest BCUT2D eigenvalue weighted by atomic mass is 19.1. The number of esters is 1. The molecule has 0 aromatic heterocycles. The summed E-state index contributed by atoms with van der Waals surface area (Å²) in [5.41, 5.74) is 0.439. The van der Waals surface area contributed by atoms with Crippen LogP contribution < -0.4 is 5.32 Å². The largest absolute Gasteiger partial charge is 0.466 e. The van der Waals surface area contributed by atoms with Crippen LogP contribution in [0.25, 0.3) is 0 Å². The van der Waals surface area contributed by atoms with Crippen LogP contribution >= 0.6 is 0 Å². The Labute approximate surface area is 135 Å². The SMILES string of the molecule is CCOC(=O)[C@@H]1CCCN(CCNC(=O)c2ccc(F)cc2)C1. The van der Waals surface area contributed by atoms with Gasteiger partial charge in [-0.3, -0.25) is 9.59 Å². The van der Waals surface area contributed by atoms with Gasteiger partial charge in [-0.15, -0.1) is 0 Å². The topological polar surface area (TPSA) is 58.6 Å². The molecule has 0 bridgehead atoms. The summed E-state index contributed by atoms with van der Waals surface area (Å²) in [6.07, 6.45) is 1.81. The molecule has 1 aromatic rings. The van der Waals surface area contributed by atoms with E-state index in [0.717, 1.165) is 19.4 Å². The molecule has 0 radical (unpaired) electrons. The highest BCUT2D eigenvalue weighted by molar-refractivity contribution is 5.94. The van der Waals surface area contributed by atoms with Gasteiger partial charge in [-0.1, -0.05) is 0 Å². The second-order valence-corrected chi connectivity index (χ2v) is 5.65. The number of likely N-dealkylation sites (tertiary alicyclic amines) is 1. The van der Waals surface area contributed by atoms with Crippen molar-refractivity contribution < 1.29 is 18.7 Å². The Kier molecular flexibility index (Phi) is 6.52. The molecule has 2 rings (SSSR count). The quantitative estimate of drug-likeness (QED) is 0.812. The molecule has 1 aliphatic rings. The van der Waals surface area contributed by atoms with Crippen LogP contribution in [0, 0.1) is 11.7 Å². The van der Waals surface area contributed by atoms with Gasteiger partial charge in [-0.25, -0.2) is 4.39 Å². The Morgan fingerprint density at radius 1 is 1.35 bits per heavy atom. The number of rotatable bonds is 6. The number of carbonyl (C=O) groups is 2. The highest BCUT2D eigenvalue weighted by Gasteiger charge is 2.26. The van der Waals surface area contributed by atoms with Crippen molar-refractivity contribution in [3.63, 3.8) is 0 Å². The van der Waals surface area contributed by atoms with Crippen molar-refractivity contribution in [2.24, 2.45) is 5.92 Å². The summed E-state index contributed by atoms with van der Waals surface area (Å²) in [4.78, 5) is 25.9. The summed E-state index contributed by atoms with van der Waals surface area (Å²) < 4.78 is 17.9. The second-order valence-electron chi connectivity index (χ2n) is 5.65.